The monoisotopic (exact) mass is 362 g/mol. The summed E-state index contributed by atoms with van der Waals surface area (Å²) in [6, 6.07) is 9.24. The summed E-state index contributed by atoms with van der Waals surface area (Å²) in [4.78, 5) is 13.0. The normalized spacial score (nSPS) is 20.3. The second-order valence-corrected chi connectivity index (χ2v) is 8.06. The molecule has 0 aromatic heterocycles. The van der Waals surface area contributed by atoms with Gasteiger partial charge in [-0.2, -0.15) is 8.42 Å². The summed E-state index contributed by atoms with van der Waals surface area (Å²) in [5, 5.41) is 0. The van der Waals surface area contributed by atoms with Gasteiger partial charge in [-0.3, -0.25) is 4.79 Å². The Labute approximate surface area is 153 Å². The van der Waals surface area contributed by atoms with E-state index in [-0.39, 0.29) is 5.92 Å². The fraction of sp³-hybridized carbons (Fsp3) is 0.619. The SMILES string of the molecule is O=C1CCCCCCCCCCC1CCC(c1ccccc1)=S(=O)=O. The lowest BCUT2D eigenvalue weighted by molar-refractivity contribution is -0.123. The third-order valence-corrected chi connectivity index (χ3v) is 6.04. The molecule has 0 N–H and O–H groups in total. The van der Waals surface area contributed by atoms with E-state index in [1.807, 2.05) is 30.3 Å². The molecular weight excluding hydrogens is 332 g/mol. The van der Waals surface area contributed by atoms with Crippen LogP contribution in [0.5, 0.6) is 0 Å². The highest BCUT2D eigenvalue weighted by molar-refractivity contribution is 7.73. The van der Waals surface area contributed by atoms with Crippen molar-refractivity contribution in [3.63, 3.8) is 0 Å². The molecule has 2 rings (SSSR count). The second kappa shape index (κ2) is 11.2. The number of Topliss-reactive ketones (excluding diaryl/α,β-unsaturated/α-hetero) is 1. The Morgan fingerprint density at radius 1 is 0.880 bits per heavy atom. The van der Waals surface area contributed by atoms with E-state index in [0.29, 0.717) is 29.9 Å². The minimum atomic E-state index is -2.23. The average molecular weight is 363 g/mol. The van der Waals surface area contributed by atoms with Crippen molar-refractivity contribution in [1.82, 2.24) is 0 Å². The molecule has 1 aliphatic rings. The summed E-state index contributed by atoms with van der Waals surface area (Å²) in [5.41, 5.74) is 0.747. The maximum Gasteiger partial charge on any atom is 0.217 e. The number of hydrogen-bond donors (Lipinski definition) is 0. The quantitative estimate of drug-likeness (QED) is 0.561. The van der Waals surface area contributed by atoms with Crippen LogP contribution in [-0.2, 0) is 15.1 Å². The average Bonchev–Trinajstić information content (AvgIpc) is 2.60. The molecular formula is C21H30O3S. The van der Waals surface area contributed by atoms with Crippen LogP contribution < -0.4 is 0 Å². The van der Waals surface area contributed by atoms with Gasteiger partial charge in [-0.25, -0.2) is 0 Å². The van der Waals surface area contributed by atoms with E-state index in [1.165, 1.54) is 32.1 Å². The first kappa shape index (κ1) is 19.9. The van der Waals surface area contributed by atoms with E-state index < -0.39 is 10.3 Å². The molecule has 3 nitrogen and oxygen atoms in total. The highest BCUT2D eigenvalue weighted by atomic mass is 32.2. The molecule has 1 unspecified atom stereocenters. The third kappa shape index (κ3) is 7.15. The Balaban J connectivity index is 2.01. The van der Waals surface area contributed by atoms with Crippen molar-refractivity contribution in [3.05, 3.63) is 35.9 Å². The van der Waals surface area contributed by atoms with Gasteiger partial charge in [-0.05, 0) is 31.2 Å². The van der Waals surface area contributed by atoms with Gasteiger partial charge < -0.3 is 0 Å². The Hall–Kier alpha value is -1.42. The molecule has 0 spiro atoms. The molecule has 1 fully saturated rings. The topological polar surface area (TPSA) is 51.2 Å². The standard InChI is InChI=1S/C21H30O3S/c22-20-15-11-6-4-2-1-3-5-8-12-18(20)16-17-21(25(23)24)19-13-9-7-10-14-19/h7,9-10,13-14,18H,1-6,8,11-12,15-17H2. The van der Waals surface area contributed by atoms with E-state index in [2.05, 4.69) is 0 Å². The molecule has 0 bridgehead atoms. The van der Waals surface area contributed by atoms with Gasteiger partial charge in [0.2, 0.25) is 10.3 Å². The largest absolute Gasteiger partial charge is 0.299 e. The zero-order valence-electron chi connectivity index (χ0n) is 15.1. The van der Waals surface area contributed by atoms with Crippen molar-refractivity contribution in [1.29, 1.82) is 0 Å². The fourth-order valence-corrected chi connectivity index (χ4v) is 4.29. The minimum absolute atomic E-state index is 0.0155. The van der Waals surface area contributed by atoms with Crippen LogP contribution >= 0.6 is 0 Å². The van der Waals surface area contributed by atoms with E-state index >= 15 is 0 Å². The van der Waals surface area contributed by atoms with Gasteiger partial charge in [-0.15, -0.1) is 0 Å². The lowest BCUT2D eigenvalue weighted by atomic mass is 9.87. The van der Waals surface area contributed by atoms with Crippen molar-refractivity contribution < 1.29 is 13.2 Å². The maximum absolute atomic E-state index is 12.6. The summed E-state index contributed by atoms with van der Waals surface area (Å²) < 4.78 is 23.3. The zero-order valence-corrected chi connectivity index (χ0v) is 15.9. The molecule has 25 heavy (non-hydrogen) atoms. The van der Waals surface area contributed by atoms with Crippen LogP contribution in [0.15, 0.2) is 30.3 Å². The van der Waals surface area contributed by atoms with Crippen LogP contribution in [0.3, 0.4) is 0 Å². The number of carbonyl (C=O) groups is 1. The van der Waals surface area contributed by atoms with E-state index in [0.717, 1.165) is 31.2 Å². The molecule has 1 aromatic rings. The minimum Gasteiger partial charge on any atom is -0.299 e. The molecule has 0 amide bonds. The van der Waals surface area contributed by atoms with Crippen LogP contribution in [0.2, 0.25) is 0 Å². The lowest BCUT2D eigenvalue weighted by Gasteiger charge is -2.17. The molecule has 0 saturated heterocycles. The molecule has 1 atom stereocenters. The van der Waals surface area contributed by atoms with E-state index in [4.69, 9.17) is 0 Å². The number of ketones is 1. The maximum atomic E-state index is 12.6. The van der Waals surface area contributed by atoms with Gasteiger partial charge in [0, 0.05) is 12.3 Å². The molecule has 0 aliphatic heterocycles. The summed E-state index contributed by atoms with van der Waals surface area (Å²) >= 11 is 0. The Bertz CT molecular complexity index is 654. The van der Waals surface area contributed by atoms with Crippen LogP contribution in [-0.4, -0.2) is 19.1 Å². The van der Waals surface area contributed by atoms with Crippen molar-refractivity contribution in [3.8, 4) is 0 Å². The highest BCUT2D eigenvalue weighted by Gasteiger charge is 2.19. The highest BCUT2D eigenvalue weighted by Crippen LogP contribution is 2.23. The van der Waals surface area contributed by atoms with Crippen molar-refractivity contribution in [2.75, 3.05) is 0 Å². The number of benzene rings is 1. The first-order chi connectivity index (χ1) is 12.2. The zero-order chi connectivity index (χ0) is 17.9. The van der Waals surface area contributed by atoms with Crippen LogP contribution in [0.25, 0.3) is 0 Å². The number of carbonyl (C=O) groups excluding carboxylic acids is 1. The molecule has 1 aliphatic carbocycles. The van der Waals surface area contributed by atoms with E-state index in [9.17, 15) is 13.2 Å². The van der Waals surface area contributed by atoms with Gasteiger partial charge in [0.05, 0.1) is 4.86 Å². The van der Waals surface area contributed by atoms with Crippen LogP contribution in [0, 0.1) is 5.92 Å². The first-order valence-electron chi connectivity index (χ1n) is 9.71. The molecule has 4 heteroatoms. The molecule has 0 heterocycles. The first-order valence-corrected chi connectivity index (χ1v) is 10.8. The molecule has 138 valence electrons. The summed E-state index contributed by atoms with van der Waals surface area (Å²) in [6.07, 6.45) is 12.2. The number of hydrogen-bond acceptors (Lipinski definition) is 3. The smallest absolute Gasteiger partial charge is 0.217 e. The van der Waals surface area contributed by atoms with Crippen LogP contribution in [0.1, 0.15) is 82.6 Å². The van der Waals surface area contributed by atoms with Crippen molar-refractivity contribution in [2.24, 2.45) is 5.92 Å². The Morgan fingerprint density at radius 2 is 1.48 bits per heavy atom. The van der Waals surface area contributed by atoms with Gasteiger partial charge in [0.1, 0.15) is 5.78 Å². The Morgan fingerprint density at radius 3 is 2.12 bits per heavy atom. The lowest BCUT2D eigenvalue weighted by Crippen LogP contribution is -2.17. The van der Waals surface area contributed by atoms with Gasteiger partial charge >= 0.3 is 0 Å². The summed E-state index contributed by atoms with van der Waals surface area (Å²) in [5.74, 6) is 0.353. The van der Waals surface area contributed by atoms with Crippen molar-refractivity contribution in [2.45, 2.75) is 77.0 Å². The van der Waals surface area contributed by atoms with Crippen LogP contribution in [0.4, 0.5) is 0 Å². The third-order valence-electron chi connectivity index (χ3n) is 5.20. The summed E-state index contributed by atoms with van der Waals surface area (Å²) in [7, 11) is -2.23. The summed E-state index contributed by atoms with van der Waals surface area (Å²) in [6.45, 7) is 0. The molecule has 0 radical (unpaired) electrons. The van der Waals surface area contributed by atoms with Crippen molar-refractivity contribution >= 4 is 20.9 Å². The van der Waals surface area contributed by atoms with E-state index in [1.54, 1.807) is 0 Å². The van der Waals surface area contributed by atoms with Gasteiger partial charge in [-0.1, -0.05) is 75.3 Å². The Kier molecular flexibility index (Phi) is 8.95. The predicted molar refractivity (Wildman–Crippen MR) is 103 cm³/mol. The van der Waals surface area contributed by atoms with Gasteiger partial charge in [0.15, 0.2) is 0 Å². The fourth-order valence-electron chi connectivity index (χ4n) is 3.67. The predicted octanol–water partition coefficient (Wildman–Crippen LogP) is 4.97. The number of rotatable bonds is 4. The molecule has 1 saturated carbocycles. The second-order valence-electron chi connectivity index (χ2n) is 7.09. The van der Waals surface area contributed by atoms with Gasteiger partial charge in [0.25, 0.3) is 0 Å². The molecule has 1 aromatic carbocycles.